The topological polar surface area (TPSA) is 35.9 Å². The van der Waals surface area contributed by atoms with Gasteiger partial charge in [0, 0.05) is 18.5 Å². The zero-order chi connectivity index (χ0) is 21.4. The van der Waals surface area contributed by atoms with E-state index in [9.17, 15) is 4.79 Å². The summed E-state index contributed by atoms with van der Waals surface area (Å²) in [5.41, 5.74) is 2.01. The number of anilines is 1. The van der Waals surface area contributed by atoms with Gasteiger partial charge in [0.15, 0.2) is 5.17 Å². The van der Waals surface area contributed by atoms with E-state index in [4.69, 9.17) is 4.99 Å². The quantitative estimate of drug-likeness (QED) is 0.423. The molecule has 0 atom stereocenters. The first kappa shape index (κ1) is 20.2. The van der Waals surface area contributed by atoms with Crippen molar-refractivity contribution in [3.8, 4) is 0 Å². The van der Waals surface area contributed by atoms with Crippen LogP contribution in [0.4, 0.5) is 11.4 Å². The Balaban J connectivity index is 1.53. The minimum absolute atomic E-state index is 0.0557. The fourth-order valence-electron chi connectivity index (χ4n) is 3.79. The van der Waals surface area contributed by atoms with Crippen LogP contribution in [0.15, 0.2) is 86.6 Å². The monoisotopic (exact) mass is 445 g/mol. The van der Waals surface area contributed by atoms with Crippen LogP contribution < -0.4 is 4.90 Å². The minimum atomic E-state index is 0.0557. The Morgan fingerprint density at radius 2 is 1.71 bits per heavy atom. The smallest absolute Gasteiger partial charge is 0.269 e. The van der Waals surface area contributed by atoms with Crippen molar-refractivity contribution >= 4 is 56.7 Å². The molecule has 5 rings (SSSR count). The molecule has 2 heterocycles. The van der Waals surface area contributed by atoms with E-state index in [-0.39, 0.29) is 5.91 Å². The van der Waals surface area contributed by atoms with Crippen LogP contribution in [-0.2, 0) is 4.79 Å². The Kier molecular flexibility index (Phi) is 5.50. The first-order chi connectivity index (χ1) is 15.2. The molecule has 4 nitrogen and oxygen atoms in total. The third-order valence-electron chi connectivity index (χ3n) is 5.49. The second kappa shape index (κ2) is 8.44. The average Bonchev–Trinajstić information content (AvgIpc) is 3.28. The number of unbranched alkanes of at least 4 members (excludes halogenated alkanes) is 1. The molecule has 3 aromatic carbocycles. The minimum Gasteiger partial charge on any atom is -0.337 e. The van der Waals surface area contributed by atoms with Crippen LogP contribution in [0.2, 0.25) is 0 Å². The molecule has 0 N–H and O–H groups in total. The van der Waals surface area contributed by atoms with Crippen molar-refractivity contribution in [1.82, 2.24) is 4.90 Å². The van der Waals surface area contributed by atoms with Crippen molar-refractivity contribution in [3.63, 3.8) is 0 Å². The van der Waals surface area contributed by atoms with Gasteiger partial charge in [0.25, 0.3) is 5.91 Å². The normalized spacial score (nSPS) is 19.7. The van der Waals surface area contributed by atoms with Crippen LogP contribution >= 0.6 is 23.5 Å². The number of fused-ring (bicyclic) bond motifs is 2. The van der Waals surface area contributed by atoms with E-state index in [1.165, 1.54) is 22.0 Å². The Morgan fingerprint density at radius 3 is 2.52 bits per heavy atom. The second-order valence-corrected chi connectivity index (χ2v) is 9.61. The molecule has 31 heavy (non-hydrogen) atoms. The summed E-state index contributed by atoms with van der Waals surface area (Å²) in [6.45, 7) is 2.83. The summed E-state index contributed by atoms with van der Waals surface area (Å²) in [5.74, 6) is 0.0557. The first-order valence-electron chi connectivity index (χ1n) is 10.5. The fraction of sp³-hybridized carbons (Fsp3) is 0.200. The summed E-state index contributed by atoms with van der Waals surface area (Å²) < 4.78 is 0. The number of hydrogen-bond donors (Lipinski definition) is 0. The van der Waals surface area contributed by atoms with Crippen molar-refractivity contribution in [1.29, 1.82) is 0 Å². The lowest BCUT2D eigenvalue weighted by Gasteiger charge is -2.16. The molecule has 6 heteroatoms. The van der Waals surface area contributed by atoms with Crippen molar-refractivity contribution < 1.29 is 4.79 Å². The number of para-hydroxylation sites is 1. The zero-order valence-electron chi connectivity index (χ0n) is 17.5. The lowest BCUT2D eigenvalue weighted by Crippen LogP contribution is -2.30. The molecular formula is C25H23N3OS2. The molecule has 2 aliphatic rings. The van der Waals surface area contributed by atoms with Gasteiger partial charge in [-0.05, 0) is 53.2 Å². The molecule has 0 aliphatic carbocycles. The lowest BCUT2D eigenvalue weighted by atomic mass is 10.1. The van der Waals surface area contributed by atoms with E-state index in [1.54, 1.807) is 11.8 Å². The molecule has 1 amide bonds. The third kappa shape index (κ3) is 3.75. The average molecular weight is 446 g/mol. The molecule has 0 aromatic heterocycles. The van der Waals surface area contributed by atoms with E-state index < -0.39 is 0 Å². The maximum atomic E-state index is 13.4. The predicted octanol–water partition coefficient (Wildman–Crippen LogP) is 6.61. The zero-order valence-corrected chi connectivity index (χ0v) is 19.2. The number of rotatable bonds is 4. The Morgan fingerprint density at radius 1 is 0.935 bits per heavy atom. The van der Waals surface area contributed by atoms with Gasteiger partial charge in [-0.25, -0.2) is 4.99 Å². The van der Waals surface area contributed by atoms with E-state index in [1.807, 2.05) is 42.3 Å². The fourth-order valence-corrected chi connectivity index (χ4v) is 6.16. The molecule has 1 fully saturated rings. The summed E-state index contributed by atoms with van der Waals surface area (Å²) in [4.78, 5) is 24.3. The molecule has 0 bridgehead atoms. The van der Waals surface area contributed by atoms with Gasteiger partial charge in [0.1, 0.15) is 4.91 Å². The van der Waals surface area contributed by atoms with Crippen LogP contribution in [0.5, 0.6) is 0 Å². The first-order valence-corrected chi connectivity index (χ1v) is 12.1. The van der Waals surface area contributed by atoms with E-state index in [0.717, 1.165) is 44.7 Å². The molecule has 2 aliphatic heterocycles. The van der Waals surface area contributed by atoms with Gasteiger partial charge in [0.05, 0.1) is 16.4 Å². The van der Waals surface area contributed by atoms with Gasteiger partial charge < -0.3 is 4.90 Å². The van der Waals surface area contributed by atoms with Gasteiger partial charge in [-0.3, -0.25) is 9.69 Å². The number of carbonyl (C=O) groups is 1. The van der Waals surface area contributed by atoms with Crippen LogP contribution in [0.1, 0.15) is 19.8 Å². The lowest BCUT2D eigenvalue weighted by molar-refractivity contribution is -0.122. The summed E-state index contributed by atoms with van der Waals surface area (Å²) in [6, 6.07) is 22.7. The summed E-state index contributed by atoms with van der Waals surface area (Å²) >= 11 is 3.16. The molecule has 3 aromatic rings. The Labute approximate surface area is 191 Å². The van der Waals surface area contributed by atoms with Crippen molar-refractivity contribution in [2.24, 2.45) is 4.99 Å². The maximum Gasteiger partial charge on any atom is 0.269 e. The Hall–Kier alpha value is -2.70. The SMILES string of the molecule is CCCCN1C(=O)/C(=C2/Sc3ccccc3N2C)SC1=Nc1ccc2ccccc2c1. The summed E-state index contributed by atoms with van der Waals surface area (Å²) in [5, 5.41) is 4.09. The number of benzene rings is 3. The van der Waals surface area contributed by atoms with Gasteiger partial charge in [-0.1, -0.05) is 67.6 Å². The van der Waals surface area contributed by atoms with Crippen LogP contribution in [-0.4, -0.2) is 29.6 Å². The standard InChI is InChI=1S/C25H23N3OS2/c1-3-4-15-28-23(29)22(24-27(2)20-11-7-8-12-21(20)30-24)31-25(28)26-19-14-13-17-9-5-6-10-18(17)16-19/h5-14,16H,3-4,15H2,1-2H3/b24-22-,26-25?. The summed E-state index contributed by atoms with van der Waals surface area (Å²) in [7, 11) is 2.03. The van der Waals surface area contributed by atoms with Crippen molar-refractivity contribution in [3.05, 3.63) is 76.7 Å². The highest BCUT2D eigenvalue weighted by molar-refractivity contribution is 8.19. The van der Waals surface area contributed by atoms with E-state index in [0.29, 0.717) is 6.54 Å². The third-order valence-corrected chi connectivity index (χ3v) is 7.92. The predicted molar refractivity (Wildman–Crippen MR) is 133 cm³/mol. The molecule has 1 saturated heterocycles. The molecule has 0 saturated carbocycles. The number of aliphatic imine (C=N–C) groups is 1. The van der Waals surface area contributed by atoms with Gasteiger partial charge in [-0.2, -0.15) is 0 Å². The largest absolute Gasteiger partial charge is 0.337 e. The highest BCUT2D eigenvalue weighted by Crippen LogP contribution is 2.50. The van der Waals surface area contributed by atoms with Gasteiger partial charge in [-0.15, -0.1) is 0 Å². The number of nitrogens with zero attached hydrogens (tertiary/aromatic N) is 3. The van der Waals surface area contributed by atoms with Crippen LogP contribution in [0, 0.1) is 0 Å². The van der Waals surface area contributed by atoms with Crippen LogP contribution in [0.3, 0.4) is 0 Å². The molecule has 0 spiro atoms. The van der Waals surface area contributed by atoms with Gasteiger partial charge in [0.2, 0.25) is 0 Å². The van der Waals surface area contributed by atoms with Crippen LogP contribution in [0.25, 0.3) is 10.8 Å². The molecule has 156 valence electrons. The van der Waals surface area contributed by atoms with E-state index in [2.05, 4.69) is 48.2 Å². The maximum absolute atomic E-state index is 13.4. The van der Waals surface area contributed by atoms with Crippen molar-refractivity contribution in [2.45, 2.75) is 24.7 Å². The van der Waals surface area contributed by atoms with E-state index >= 15 is 0 Å². The highest BCUT2D eigenvalue weighted by Gasteiger charge is 2.38. The highest BCUT2D eigenvalue weighted by atomic mass is 32.2. The molecular weight excluding hydrogens is 422 g/mol. The Bertz CT molecular complexity index is 1230. The summed E-state index contributed by atoms with van der Waals surface area (Å²) in [6.07, 6.45) is 1.98. The number of hydrogen-bond acceptors (Lipinski definition) is 5. The number of thioether (sulfide) groups is 2. The van der Waals surface area contributed by atoms with Crippen molar-refractivity contribution in [2.75, 3.05) is 18.5 Å². The number of amides is 1. The van der Waals surface area contributed by atoms with Gasteiger partial charge >= 0.3 is 0 Å². The molecule has 0 radical (unpaired) electrons. The molecule has 0 unspecified atom stereocenters. The second-order valence-electron chi connectivity index (χ2n) is 7.60. The number of amidine groups is 1. The number of carbonyl (C=O) groups excluding carboxylic acids is 1.